The number of nitrogens with zero attached hydrogens (tertiary/aromatic N) is 2. The van der Waals surface area contributed by atoms with Crippen LogP contribution in [0.15, 0.2) is 30.2 Å². The number of amidine groups is 1. The fourth-order valence-electron chi connectivity index (χ4n) is 1.85. The van der Waals surface area contributed by atoms with Gasteiger partial charge in [-0.1, -0.05) is 6.58 Å². The van der Waals surface area contributed by atoms with Crippen LogP contribution in [0, 0.1) is 0 Å². The maximum Gasteiger partial charge on any atom is 0.220 e. The molecule has 0 atom stereocenters. The van der Waals surface area contributed by atoms with E-state index in [-0.39, 0.29) is 11.8 Å². The molecule has 0 unspecified atom stereocenters. The Morgan fingerprint density at radius 1 is 1.26 bits per heavy atom. The third-order valence-electron chi connectivity index (χ3n) is 3.01. The summed E-state index contributed by atoms with van der Waals surface area (Å²) >= 11 is 0. The van der Waals surface area contributed by atoms with Crippen molar-refractivity contribution in [3.8, 4) is 0 Å². The third kappa shape index (κ3) is 9.07. The smallest absolute Gasteiger partial charge is 0.220 e. The van der Waals surface area contributed by atoms with Crippen molar-refractivity contribution in [1.82, 2.24) is 20.6 Å². The topological polar surface area (TPSA) is 125 Å². The number of hydrogen-bond donors (Lipinski definition) is 4. The molecule has 1 aromatic heterocycles. The zero-order valence-corrected chi connectivity index (χ0v) is 13.2. The van der Waals surface area contributed by atoms with Gasteiger partial charge in [0.1, 0.15) is 11.7 Å². The van der Waals surface area contributed by atoms with E-state index in [1.807, 2.05) is 0 Å². The second kappa shape index (κ2) is 11.0. The quantitative estimate of drug-likeness (QED) is 0.344. The highest BCUT2D eigenvalue weighted by Gasteiger charge is 2.05. The molecule has 23 heavy (non-hydrogen) atoms. The van der Waals surface area contributed by atoms with E-state index < -0.39 is 0 Å². The van der Waals surface area contributed by atoms with E-state index in [0.717, 1.165) is 5.82 Å². The van der Waals surface area contributed by atoms with Gasteiger partial charge in [-0.2, -0.15) is 0 Å². The normalized spacial score (nSPS) is 11.0. The molecule has 1 heterocycles. The summed E-state index contributed by atoms with van der Waals surface area (Å²) in [6.45, 7) is 4.39. The molecule has 1 rings (SSSR count). The van der Waals surface area contributed by atoms with Crippen LogP contribution in [0.4, 0.5) is 0 Å². The van der Waals surface area contributed by atoms with E-state index in [1.165, 1.54) is 6.20 Å². The van der Waals surface area contributed by atoms with Crippen molar-refractivity contribution in [3.63, 3.8) is 0 Å². The molecule has 0 aromatic carbocycles. The van der Waals surface area contributed by atoms with Crippen LogP contribution in [0.25, 0.3) is 0 Å². The van der Waals surface area contributed by atoms with Crippen molar-refractivity contribution in [2.75, 3.05) is 13.1 Å². The Morgan fingerprint density at radius 2 is 1.96 bits per heavy atom. The fourth-order valence-corrected chi connectivity index (χ4v) is 1.85. The van der Waals surface area contributed by atoms with Crippen LogP contribution in [0.2, 0.25) is 0 Å². The van der Waals surface area contributed by atoms with E-state index in [2.05, 4.69) is 32.2 Å². The number of aliphatic imine (C=N–C) groups is 1. The van der Waals surface area contributed by atoms with E-state index in [1.54, 1.807) is 12.4 Å². The lowest BCUT2D eigenvalue weighted by Gasteiger charge is -2.06. The monoisotopic (exact) mass is 320 g/mol. The number of amides is 2. The van der Waals surface area contributed by atoms with Crippen LogP contribution in [0.5, 0.6) is 0 Å². The maximum atomic E-state index is 11.6. The summed E-state index contributed by atoms with van der Waals surface area (Å²) in [6, 6.07) is 0. The molecule has 0 aliphatic heterocycles. The number of rotatable bonds is 11. The average Bonchev–Trinajstić information content (AvgIpc) is 3.01. The molecular weight excluding hydrogens is 296 g/mol. The van der Waals surface area contributed by atoms with Crippen molar-refractivity contribution < 1.29 is 9.59 Å². The summed E-state index contributed by atoms with van der Waals surface area (Å²) in [7, 11) is 0. The van der Waals surface area contributed by atoms with Crippen molar-refractivity contribution in [1.29, 1.82) is 0 Å². The Bertz CT molecular complexity index is 524. The van der Waals surface area contributed by atoms with Gasteiger partial charge in [-0.05, 0) is 6.42 Å². The molecule has 2 amide bonds. The molecule has 0 bridgehead atoms. The first-order chi connectivity index (χ1) is 11.1. The van der Waals surface area contributed by atoms with E-state index in [0.29, 0.717) is 51.0 Å². The number of nitrogens with two attached hydrogens (primary N) is 1. The molecule has 0 saturated heterocycles. The van der Waals surface area contributed by atoms with Gasteiger partial charge in [-0.3, -0.25) is 9.59 Å². The molecule has 0 fully saturated rings. The molecular formula is C15H24N6O2. The first-order valence-electron chi connectivity index (χ1n) is 7.56. The number of aromatic amines is 1. The standard InChI is InChI=1S/C15H24N6O2/c1-2-17-12(16)6-8-20-14(22)4-3-5-15(23)21-9-7-13-18-10-11-19-13/h2,10-11H,1,3-9H2,(H2,16,17)(H,18,19)(H,20,22)(H,21,23). The van der Waals surface area contributed by atoms with Gasteiger partial charge in [0, 0.05) is 57.4 Å². The van der Waals surface area contributed by atoms with Gasteiger partial charge < -0.3 is 21.4 Å². The number of carbonyl (C=O) groups excluding carboxylic acids is 2. The highest BCUT2D eigenvalue weighted by Crippen LogP contribution is 1.96. The Hall–Kier alpha value is -2.64. The summed E-state index contributed by atoms with van der Waals surface area (Å²) < 4.78 is 0. The van der Waals surface area contributed by atoms with Crippen LogP contribution in [0.3, 0.4) is 0 Å². The molecule has 0 aliphatic carbocycles. The zero-order chi connectivity index (χ0) is 16.9. The molecule has 0 spiro atoms. The largest absolute Gasteiger partial charge is 0.387 e. The van der Waals surface area contributed by atoms with Crippen molar-refractivity contribution in [2.24, 2.45) is 10.7 Å². The Labute approximate surface area is 135 Å². The van der Waals surface area contributed by atoms with Crippen LogP contribution >= 0.6 is 0 Å². The van der Waals surface area contributed by atoms with Gasteiger partial charge in [0.05, 0.1) is 0 Å². The van der Waals surface area contributed by atoms with Gasteiger partial charge in [0.2, 0.25) is 11.8 Å². The summed E-state index contributed by atoms with van der Waals surface area (Å²) in [4.78, 5) is 34.0. The lowest BCUT2D eigenvalue weighted by atomic mass is 10.2. The molecule has 0 aliphatic rings. The average molecular weight is 320 g/mol. The molecule has 126 valence electrons. The number of hydrogen-bond acceptors (Lipinski definition) is 4. The summed E-state index contributed by atoms with van der Waals surface area (Å²) in [6.07, 6.45) is 7.06. The number of aromatic nitrogens is 2. The summed E-state index contributed by atoms with van der Waals surface area (Å²) in [5, 5.41) is 5.52. The van der Waals surface area contributed by atoms with Gasteiger partial charge in [-0.15, -0.1) is 0 Å². The minimum atomic E-state index is -0.0974. The van der Waals surface area contributed by atoms with Crippen molar-refractivity contribution in [2.45, 2.75) is 32.1 Å². The molecule has 8 heteroatoms. The van der Waals surface area contributed by atoms with Crippen molar-refractivity contribution >= 4 is 17.6 Å². The Kier molecular flexibility index (Phi) is 8.80. The van der Waals surface area contributed by atoms with E-state index in [9.17, 15) is 9.59 Å². The van der Waals surface area contributed by atoms with Crippen molar-refractivity contribution in [3.05, 3.63) is 31.0 Å². The summed E-state index contributed by atoms with van der Waals surface area (Å²) in [5.74, 6) is 1.10. The fraction of sp³-hybridized carbons (Fsp3) is 0.467. The number of carbonyl (C=O) groups is 2. The summed E-state index contributed by atoms with van der Waals surface area (Å²) in [5.41, 5.74) is 5.56. The lowest BCUT2D eigenvalue weighted by Crippen LogP contribution is -2.29. The highest BCUT2D eigenvalue weighted by molar-refractivity contribution is 5.82. The first kappa shape index (κ1) is 18.4. The number of imidazole rings is 1. The van der Waals surface area contributed by atoms with E-state index in [4.69, 9.17) is 5.73 Å². The third-order valence-corrected chi connectivity index (χ3v) is 3.01. The SMILES string of the molecule is C=CN=C(N)CCNC(=O)CCCC(=O)NCCc1ncc[nH]1. The second-order valence-electron chi connectivity index (χ2n) is 4.89. The number of H-pyrrole nitrogens is 1. The van der Waals surface area contributed by atoms with Gasteiger partial charge >= 0.3 is 0 Å². The van der Waals surface area contributed by atoms with Gasteiger partial charge in [-0.25, -0.2) is 9.98 Å². The Balaban J connectivity index is 2.02. The van der Waals surface area contributed by atoms with Crippen LogP contribution in [-0.4, -0.2) is 40.7 Å². The van der Waals surface area contributed by atoms with Crippen LogP contribution in [0.1, 0.15) is 31.5 Å². The zero-order valence-electron chi connectivity index (χ0n) is 13.2. The number of nitrogens with one attached hydrogen (secondary N) is 3. The first-order valence-corrected chi connectivity index (χ1v) is 7.56. The van der Waals surface area contributed by atoms with Crippen LogP contribution < -0.4 is 16.4 Å². The minimum absolute atomic E-state index is 0.0632. The van der Waals surface area contributed by atoms with E-state index >= 15 is 0 Å². The lowest BCUT2D eigenvalue weighted by molar-refractivity contribution is -0.122. The molecule has 1 aromatic rings. The Morgan fingerprint density at radius 3 is 2.57 bits per heavy atom. The predicted molar refractivity (Wildman–Crippen MR) is 88.6 cm³/mol. The maximum absolute atomic E-state index is 11.6. The second-order valence-corrected chi connectivity index (χ2v) is 4.89. The molecule has 0 radical (unpaired) electrons. The minimum Gasteiger partial charge on any atom is -0.387 e. The van der Waals surface area contributed by atoms with Crippen LogP contribution in [-0.2, 0) is 16.0 Å². The van der Waals surface area contributed by atoms with Gasteiger partial charge in [0.25, 0.3) is 0 Å². The molecule has 8 nitrogen and oxygen atoms in total. The van der Waals surface area contributed by atoms with Gasteiger partial charge in [0.15, 0.2) is 0 Å². The highest BCUT2D eigenvalue weighted by atomic mass is 16.2. The molecule has 5 N–H and O–H groups in total. The molecule has 0 saturated carbocycles. The predicted octanol–water partition coefficient (Wildman–Crippen LogP) is 0.246.